The number of benzene rings is 2. The maximum atomic E-state index is 12.6. The maximum Gasteiger partial charge on any atom is 0.365 e. The van der Waals surface area contributed by atoms with E-state index in [2.05, 4.69) is 5.32 Å². The molecule has 0 saturated carbocycles. The monoisotopic (exact) mass is 403 g/mol. The number of quaternary nitrogens is 1. The van der Waals surface area contributed by atoms with Crippen LogP contribution in [0.5, 0.6) is 0 Å². The number of sulfone groups is 1. The standard InChI is InChI=1S/C20H22N2O5S/c1-27-20(24)17-11-14-7-3-4-8-15(14)12-22(17)13-19(23)21-16-9-5-6-10-18(16)28(2,25)26/h3-10,17H,11-13H2,1-2H3,(H,21,23)/p+1/t17-/m0/s1. The number of carbonyl (C=O) groups is 2. The Bertz CT molecular complexity index is 1000. The number of hydrogen-bond donors (Lipinski definition) is 2. The van der Waals surface area contributed by atoms with Gasteiger partial charge in [0.1, 0.15) is 6.54 Å². The lowest BCUT2D eigenvalue weighted by Gasteiger charge is -2.31. The Morgan fingerprint density at radius 3 is 2.43 bits per heavy atom. The number of para-hydroxylation sites is 1. The first-order chi connectivity index (χ1) is 13.3. The number of hydrogen-bond acceptors (Lipinski definition) is 5. The van der Waals surface area contributed by atoms with E-state index < -0.39 is 15.9 Å². The van der Waals surface area contributed by atoms with E-state index >= 15 is 0 Å². The molecule has 3 rings (SSSR count). The summed E-state index contributed by atoms with van der Waals surface area (Å²) in [7, 11) is -2.14. The molecular weight excluding hydrogens is 380 g/mol. The molecule has 7 nitrogen and oxygen atoms in total. The summed E-state index contributed by atoms with van der Waals surface area (Å²) in [5.41, 5.74) is 2.40. The van der Waals surface area contributed by atoms with Crippen molar-refractivity contribution in [2.75, 3.05) is 25.2 Å². The van der Waals surface area contributed by atoms with Gasteiger partial charge in [0.2, 0.25) is 0 Å². The van der Waals surface area contributed by atoms with Crippen molar-refractivity contribution < 1.29 is 27.6 Å². The highest BCUT2D eigenvalue weighted by atomic mass is 32.2. The van der Waals surface area contributed by atoms with Crippen LogP contribution in [0.2, 0.25) is 0 Å². The van der Waals surface area contributed by atoms with Crippen LogP contribution < -0.4 is 10.2 Å². The van der Waals surface area contributed by atoms with Crippen molar-refractivity contribution in [3.8, 4) is 0 Å². The van der Waals surface area contributed by atoms with Crippen LogP contribution in [0, 0.1) is 0 Å². The van der Waals surface area contributed by atoms with Gasteiger partial charge in [0.05, 0.1) is 17.7 Å². The largest absolute Gasteiger partial charge is 0.465 e. The molecule has 1 amide bonds. The quantitative estimate of drug-likeness (QED) is 0.697. The van der Waals surface area contributed by atoms with E-state index in [9.17, 15) is 18.0 Å². The highest BCUT2D eigenvalue weighted by Crippen LogP contribution is 2.20. The van der Waals surface area contributed by atoms with Crippen LogP contribution in [0.1, 0.15) is 11.1 Å². The predicted molar refractivity (Wildman–Crippen MR) is 104 cm³/mol. The molecule has 2 aromatic carbocycles. The fourth-order valence-electron chi connectivity index (χ4n) is 3.53. The van der Waals surface area contributed by atoms with Gasteiger partial charge in [-0.3, -0.25) is 4.79 Å². The number of anilines is 1. The predicted octanol–water partition coefficient (Wildman–Crippen LogP) is 0.211. The number of methoxy groups -OCH3 is 1. The van der Waals surface area contributed by atoms with Crippen molar-refractivity contribution in [3.63, 3.8) is 0 Å². The lowest BCUT2D eigenvalue weighted by atomic mass is 9.94. The number of carbonyl (C=O) groups excluding carboxylic acids is 2. The third-order valence-electron chi connectivity index (χ3n) is 4.89. The van der Waals surface area contributed by atoms with Gasteiger partial charge in [-0.1, -0.05) is 36.4 Å². The molecular formula is C20H23N2O5S+. The van der Waals surface area contributed by atoms with E-state index in [1.54, 1.807) is 18.2 Å². The van der Waals surface area contributed by atoms with Crippen molar-refractivity contribution in [2.45, 2.75) is 23.9 Å². The van der Waals surface area contributed by atoms with Gasteiger partial charge in [0.15, 0.2) is 22.4 Å². The van der Waals surface area contributed by atoms with Crippen LogP contribution in [0.25, 0.3) is 0 Å². The fourth-order valence-corrected chi connectivity index (χ4v) is 4.38. The minimum atomic E-state index is -3.48. The van der Waals surface area contributed by atoms with E-state index in [4.69, 9.17) is 4.74 Å². The highest BCUT2D eigenvalue weighted by molar-refractivity contribution is 7.90. The summed E-state index contributed by atoms with van der Waals surface area (Å²) in [5.74, 6) is -0.728. The second-order valence-electron chi connectivity index (χ2n) is 6.88. The summed E-state index contributed by atoms with van der Waals surface area (Å²) < 4.78 is 28.8. The van der Waals surface area contributed by atoms with E-state index in [0.717, 1.165) is 22.3 Å². The van der Waals surface area contributed by atoms with E-state index in [0.29, 0.717) is 13.0 Å². The average Bonchev–Trinajstić information content (AvgIpc) is 2.66. The van der Waals surface area contributed by atoms with Crippen molar-refractivity contribution in [3.05, 3.63) is 59.7 Å². The van der Waals surface area contributed by atoms with Crippen molar-refractivity contribution in [2.24, 2.45) is 0 Å². The minimum Gasteiger partial charge on any atom is -0.465 e. The second kappa shape index (κ2) is 8.12. The normalized spacial score (nSPS) is 18.8. The number of rotatable bonds is 5. The topological polar surface area (TPSA) is 94.0 Å². The minimum absolute atomic E-state index is 0.0200. The van der Waals surface area contributed by atoms with Gasteiger partial charge in [0.25, 0.3) is 5.91 Å². The number of esters is 1. The van der Waals surface area contributed by atoms with Gasteiger partial charge >= 0.3 is 5.97 Å². The van der Waals surface area contributed by atoms with Crippen molar-refractivity contribution in [1.29, 1.82) is 0 Å². The third-order valence-corrected chi connectivity index (χ3v) is 6.04. The van der Waals surface area contributed by atoms with Crippen LogP contribution in [-0.4, -0.2) is 46.2 Å². The Morgan fingerprint density at radius 1 is 1.11 bits per heavy atom. The maximum absolute atomic E-state index is 12.6. The van der Waals surface area contributed by atoms with Crippen LogP contribution >= 0.6 is 0 Å². The summed E-state index contributed by atoms with van der Waals surface area (Å²) in [4.78, 5) is 25.7. The van der Waals surface area contributed by atoms with Gasteiger partial charge < -0.3 is 15.0 Å². The summed E-state index contributed by atoms with van der Waals surface area (Å²) in [6, 6.07) is 13.6. The van der Waals surface area contributed by atoms with Gasteiger partial charge in [0, 0.05) is 18.2 Å². The highest BCUT2D eigenvalue weighted by Gasteiger charge is 2.37. The molecule has 2 atom stereocenters. The Kier molecular flexibility index (Phi) is 5.81. The molecule has 8 heteroatoms. The summed E-state index contributed by atoms with van der Waals surface area (Å²) >= 11 is 0. The Hall–Kier alpha value is -2.71. The molecule has 0 aromatic heterocycles. The molecule has 2 aromatic rings. The Labute approximate surface area is 164 Å². The van der Waals surface area contributed by atoms with Gasteiger partial charge in [-0.05, 0) is 17.7 Å². The SMILES string of the molecule is COC(=O)[C@@H]1Cc2ccccc2C[NH+]1CC(=O)Nc1ccccc1S(C)(=O)=O. The molecule has 2 N–H and O–H groups in total. The molecule has 1 unspecified atom stereocenters. The van der Waals surface area contributed by atoms with Crippen molar-refractivity contribution in [1.82, 2.24) is 0 Å². The lowest BCUT2D eigenvalue weighted by molar-refractivity contribution is -0.924. The molecule has 28 heavy (non-hydrogen) atoms. The van der Waals surface area contributed by atoms with E-state index in [1.165, 1.54) is 13.2 Å². The summed E-state index contributed by atoms with van der Waals surface area (Å²) in [5, 5.41) is 2.67. The number of nitrogens with one attached hydrogen (secondary N) is 2. The Balaban J connectivity index is 1.80. The molecule has 0 spiro atoms. The molecule has 0 saturated heterocycles. The van der Waals surface area contributed by atoms with Gasteiger partial charge in [-0.15, -0.1) is 0 Å². The molecule has 0 bridgehead atoms. The molecule has 0 radical (unpaired) electrons. The molecule has 0 fully saturated rings. The molecule has 0 aliphatic carbocycles. The molecule has 1 aliphatic heterocycles. The van der Waals surface area contributed by atoms with E-state index in [1.807, 2.05) is 24.3 Å². The fraction of sp³-hybridized carbons (Fsp3) is 0.300. The van der Waals surface area contributed by atoms with Gasteiger partial charge in [-0.2, -0.15) is 0 Å². The van der Waals surface area contributed by atoms with Crippen LogP contribution in [0.4, 0.5) is 5.69 Å². The second-order valence-corrected chi connectivity index (χ2v) is 8.86. The molecule has 1 aliphatic rings. The van der Waals surface area contributed by atoms with E-state index in [-0.39, 0.29) is 29.0 Å². The zero-order valence-electron chi connectivity index (χ0n) is 15.8. The van der Waals surface area contributed by atoms with Crippen LogP contribution in [0.3, 0.4) is 0 Å². The first-order valence-electron chi connectivity index (χ1n) is 8.87. The summed E-state index contributed by atoms with van der Waals surface area (Å²) in [6.45, 7) is 0.531. The first kappa shape index (κ1) is 20.0. The van der Waals surface area contributed by atoms with Crippen molar-refractivity contribution >= 4 is 27.4 Å². The number of ether oxygens (including phenoxy) is 1. The first-order valence-corrected chi connectivity index (χ1v) is 10.8. The number of fused-ring (bicyclic) bond motifs is 1. The third kappa shape index (κ3) is 4.40. The van der Waals surface area contributed by atoms with Crippen LogP contribution in [0.15, 0.2) is 53.4 Å². The average molecular weight is 403 g/mol. The number of amides is 1. The Morgan fingerprint density at radius 2 is 1.75 bits per heavy atom. The lowest BCUT2D eigenvalue weighted by Crippen LogP contribution is -3.17. The van der Waals surface area contributed by atoms with Crippen LogP contribution in [-0.2, 0) is 37.1 Å². The molecule has 1 heterocycles. The zero-order valence-corrected chi connectivity index (χ0v) is 16.6. The van der Waals surface area contributed by atoms with Gasteiger partial charge in [-0.25, -0.2) is 13.2 Å². The summed E-state index contributed by atoms with van der Waals surface area (Å²) in [6.07, 6.45) is 1.59. The smallest absolute Gasteiger partial charge is 0.365 e. The zero-order chi connectivity index (χ0) is 20.3. The molecule has 148 valence electrons.